The Morgan fingerprint density at radius 1 is 1.04 bits per heavy atom. The molecule has 0 aliphatic carbocycles. The summed E-state index contributed by atoms with van der Waals surface area (Å²) in [6.45, 7) is 2.01. The van der Waals surface area contributed by atoms with Crippen molar-refractivity contribution in [2.24, 2.45) is 0 Å². The van der Waals surface area contributed by atoms with Gasteiger partial charge in [0.2, 0.25) is 15.9 Å². The van der Waals surface area contributed by atoms with E-state index in [1.807, 2.05) is 12.1 Å². The number of halogens is 1. The van der Waals surface area contributed by atoms with E-state index >= 15 is 0 Å². The molecule has 2 aliphatic rings. The van der Waals surface area contributed by atoms with Crippen molar-refractivity contribution in [2.75, 3.05) is 36.4 Å². The van der Waals surface area contributed by atoms with Gasteiger partial charge in [0.05, 0.1) is 4.90 Å². The molecule has 1 saturated heterocycles. The van der Waals surface area contributed by atoms with Crippen molar-refractivity contribution >= 4 is 43.4 Å². The summed E-state index contributed by atoms with van der Waals surface area (Å²) in [6.07, 6.45) is 2.69. The number of carbonyl (C=O) groups is 1. The van der Waals surface area contributed by atoms with Crippen LogP contribution in [-0.2, 0) is 21.2 Å². The predicted octanol–water partition coefficient (Wildman–Crippen LogP) is 2.24. The number of fused-ring (bicyclic) bond motifs is 1. The Balaban J connectivity index is 1.49. The number of aryl methyl sites for hydroxylation is 1. The molecule has 0 atom stereocenters. The van der Waals surface area contributed by atoms with Gasteiger partial charge in [-0.15, -0.1) is 0 Å². The van der Waals surface area contributed by atoms with Crippen LogP contribution in [0.5, 0.6) is 0 Å². The third-order valence-electron chi connectivity index (χ3n) is 4.88. The number of nitrogens with one attached hydrogen (secondary N) is 1. The number of piperazine rings is 1. The van der Waals surface area contributed by atoms with Crippen LogP contribution in [0, 0.1) is 0 Å². The number of carbonyl (C=O) groups excluding carboxylic acids is 1. The minimum atomic E-state index is -3.56. The summed E-state index contributed by atoms with van der Waals surface area (Å²) in [5.74, 6) is 0.815. The first-order chi connectivity index (χ1) is 12.9. The molecule has 1 aromatic carbocycles. The lowest BCUT2D eigenvalue weighted by Crippen LogP contribution is -2.48. The van der Waals surface area contributed by atoms with Gasteiger partial charge >= 0.3 is 0 Å². The second kappa shape index (κ2) is 7.21. The summed E-state index contributed by atoms with van der Waals surface area (Å²) >= 11 is 3.37. The lowest BCUT2D eigenvalue weighted by Gasteiger charge is -2.34. The van der Waals surface area contributed by atoms with Crippen LogP contribution in [0.25, 0.3) is 0 Å². The molecule has 1 aromatic heterocycles. The van der Waals surface area contributed by atoms with Crippen molar-refractivity contribution in [3.63, 3.8) is 0 Å². The number of anilines is 2. The molecular weight excluding hydrogens is 432 g/mol. The van der Waals surface area contributed by atoms with Crippen molar-refractivity contribution < 1.29 is 13.2 Å². The maximum absolute atomic E-state index is 13.0. The number of rotatable bonds is 3. The number of pyridine rings is 1. The average Bonchev–Trinajstić information content (AvgIpc) is 2.68. The smallest absolute Gasteiger partial charge is 0.243 e. The number of amides is 1. The van der Waals surface area contributed by atoms with Crippen LogP contribution in [0.1, 0.15) is 12.0 Å². The van der Waals surface area contributed by atoms with Crippen LogP contribution in [-0.4, -0.2) is 49.8 Å². The highest BCUT2D eigenvalue weighted by Crippen LogP contribution is 2.28. The largest absolute Gasteiger partial charge is 0.354 e. The molecule has 0 bridgehead atoms. The van der Waals surface area contributed by atoms with Gasteiger partial charge in [-0.05, 0) is 58.2 Å². The van der Waals surface area contributed by atoms with E-state index in [1.54, 1.807) is 24.4 Å². The molecule has 1 N–H and O–H groups in total. The van der Waals surface area contributed by atoms with Gasteiger partial charge < -0.3 is 10.2 Å². The van der Waals surface area contributed by atoms with Gasteiger partial charge in [0, 0.05) is 49.0 Å². The van der Waals surface area contributed by atoms with E-state index in [0.29, 0.717) is 44.7 Å². The third kappa shape index (κ3) is 3.71. The van der Waals surface area contributed by atoms with Gasteiger partial charge in [-0.25, -0.2) is 13.4 Å². The summed E-state index contributed by atoms with van der Waals surface area (Å²) in [6, 6.07) is 8.79. The minimum absolute atomic E-state index is 0.0317. The third-order valence-corrected chi connectivity index (χ3v) is 7.25. The van der Waals surface area contributed by atoms with Crippen molar-refractivity contribution in [2.45, 2.75) is 17.7 Å². The Labute approximate surface area is 166 Å². The zero-order valence-corrected chi connectivity index (χ0v) is 17.0. The molecule has 0 unspecified atom stereocenters. The maximum Gasteiger partial charge on any atom is 0.243 e. The molecule has 7 nitrogen and oxygen atoms in total. The summed E-state index contributed by atoms with van der Waals surface area (Å²) in [5, 5.41) is 2.78. The molecule has 0 radical (unpaired) electrons. The Morgan fingerprint density at radius 2 is 1.81 bits per heavy atom. The first-order valence-electron chi connectivity index (χ1n) is 8.73. The Bertz CT molecular complexity index is 971. The lowest BCUT2D eigenvalue weighted by molar-refractivity contribution is -0.116. The van der Waals surface area contributed by atoms with Crippen molar-refractivity contribution in [1.29, 1.82) is 0 Å². The molecule has 0 spiro atoms. The fourth-order valence-corrected chi connectivity index (χ4v) is 5.09. The van der Waals surface area contributed by atoms with Crippen LogP contribution >= 0.6 is 15.9 Å². The number of hydrogen-bond donors (Lipinski definition) is 1. The summed E-state index contributed by atoms with van der Waals surface area (Å²) in [4.78, 5) is 18.2. The molecular formula is C18H19BrN4O3S. The Morgan fingerprint density at radius 3 is 2.52 bits per heavy atom. The second-order valence-corrected chi connectivity index (χ2v) is 9.45. The van der Waals surface area contributed by atoms with E-state index in [1.165, 1.54) is 4.31 Å². The Kier molecular flexibility index (Phi) is 4.92. The molecule has 2 aromatic rings. The number of hydrogen-bond acceptors (Lipinski definition) is 5. The van der Waals surface area contributed by atoms with E-state index in [2.05, 4.69) is 31.1 Å². The molecule has 4 rings (SSSR count). The standard InChI is InChI=1S/C18H19BrN4O3S/c19-14-2-5-17(20-12-14)22-7-9-23(10-8-22)27(25,26)15-3-4-16-13(11-15)1-6-18(24)21-16/h2-5,11-12H,1,6-10H2,(H,21,24). The van der Waals surface area contributed by atoms with Crippen LogP contribution in [0.3, 0.4) is 0 Å². The molecule has 1 fully saturated rings. The summed E-state index contributed by atoms with van der Waals surface area (Å²) in [7, 11) is -3.56. The van der Waals surface area contributed by atoms with E-state index < -0.39 is 10.0 Å². The van der Waals surface area contributed by atoms with Crippen molar-refractivity contribution in [3.8, 4) is 0 Å². The molecule has 9 heteroatoms. The highest BCUT2D eigenvalue weighted by Gasteiger charge is 2.30. The highest BCUT2D eigenvalue weighted by molar-refractivity contribution is 9.10. The normalized spacial score (nSPS) is 18.1. The number of benzene rings is 1. The minimum Gasteiger partial charge on any atom is -0.354 e. The van der Waals surface area contributed by atoms with Gasteiger partial charge in [-0.1, -0.05) is 0 Å². The van der Waals surface area contributed by atoms with Gasteiger partial charge in [0.15, 0.2) is 0 Å². The van der Waals surface area contributed by atoms with E-state index in [4.69, 9.17) is 0 Å². The molecule has 27 heavy (non-hydrogen) atoms. The average molecular weight is 451 g/mol. The van der Waals surface area contributed by atoms with Crippen LogP contribution in [0.2, 0.25) is 0 Å². The van der Waals surface area contributed by atoms with E-state index in [0.717, 1.165) is 15.9 Å². The SMILES string of the molecule is O=C1CCc2cc(S(=O)(=O)N3CCN(c4ccc(Br)cn4)CC3)ccc2N1. The molecule has 1 amide bonds. The van der Waals surface area contributed by atoms with Crippen LogP contribution < -0.4 is 10.2 Å². The van der Waals surface area contributed by atoms with Gasteiger partial charge in [0.1, 0.15) is 5.82 Å². The van der Waals surface area contributed by atoms with Gasteiger partial charge in [-0.3, -0.25) is 4.79 Å². The number of aromatic nitrogens is 1. The summed E-state index contributed by atoms with van der Waals surface area (Å²) < 4.78 is 28.5. The fraction of sp³-hybridized carbons (Fsp3) is 0.333. The van der Waals surface area contributed by atoms with Crippen molar-refractivity contribution in [1.82, 2.24) is 9.29 Å². The van der Waals surface area contributed by atoms with E-state index in [-0.39, 0.29) is 10.8 Å². The van der Waals surface area contributed by atoms with Crippen LogP contribution in [0.4, 0.5) is 11.5 Å². The monoisotopic (exact) mass is 450 g/mol. The molecule has 3 heterocycles. The number of sulfonamides is 1. The maximum atomic E-state index is 13.0. The lowest BCUT2D eigenvalue weighted by atomic mass is 10.0. The molecule has 0 saturated carbocycles. The quantitative estimate of drug-likeness (QED) is 0.774. The van der Waals surface area contributed by atoms with E-state index in [9.17, 15) is 13.2 Å². The predicted molar refractivity (Wildman–Crippen MR) is 106 cm³/mol. The van der Waals surface area contributed by atoms with Crippen molar-refractivity contribution in [3.05, 3.63) is 46.6 Å². The van der Waals surface area contributed by atoms with Crippen LogP contribution in [0.15, 0.2) is 45.9 Å². The number of nitrogens with zero attached hydrogens (tertiary/aromatic N) is 3. The molecule has 142 valence electrons. The Hall–Kier alpha value is -1.97. The zero-order chi connectivity index (χ0) is 19.0. The second-order valence-electron chi connectivity index (χ2n) is 6.59. The van der Waals surface area contributed by atoms with Gasteiger partial charge in [0.25, 0.3) is 0 Å². The first kappa shape index (κ1) is 18.4. The molecule has 2 aliphatic heterocycles. The van der Waals surface area contributed by atoms with Gasteiger partial charge in [-0.2, -0.15) is 4.31 Å². The highest BCUT2D eigenvalue weighted by atomic mass is 79.9. The zero-order valence-electron chi connectivity index (χ0n) is 14.6. The first-order valence-corrected chi connectivity index (χ1v) is 11.0. The summed E-state index contributed by atoms with van der Waals surface area (Å²) in [5.41, 5.74) is 1.57. The topological polar surface area (TPSA) is 82.6 Å². The fourth-order valence-electron chi connectivity index (χ4n) is 3.38.